The fourth-order valence-electron chi connectivity index (χ4n) is 2.30. The lowest BCUT2D eigenvalue weighted by Crippen LogP contribution is -2.32. The summed E-state index contributed by atoms with van der Waals surface area (Å²) in [6.07, 6.45) is -1.07. The summed E-state index contributed by atoms with van der Waals surface area (Å²) in [6.45, 7) is 0.0952. The van der Waals surface area contributed by atoms with Crippen molar-refractivity contribution >= 4 is 29.4 Å². The number of nitrogens with one attached hydrogen (secondary N) is 1. The minimum atomic E-state index is -1.01. The van der Waals surface area contributed by atoms with Crippen molar-refractivity contribution in [3.63, 3.8) is 0 Å². The van der Waals surface area contributed by atoms with Gasteiger partial charge in [-0.1, -0.05) is 41.9 Å². The zero-order chi connectivity index (χ0) is 19.8. The van der Waals surface area contributed by atoms with E-state index in [0.717, 1.165) is 0 Å². The number of ether oxygens (including phenoxy) is 1. The minimum Gasteiger partial charge on any atom is -0.447 e. The van der Waals surface area contributed by atoms with E-state index in [1.807, 2.05) is 6.07 Å². The maximum absolute atomic E-state index is 12.3. The Bertz CT molecular complexity index is 791. The zero-order valence-electron chi connectivity index (χ0n) is 15.1. The molecule has 0 fully saturated rings. The minimum absolute atomic E-state index is 0.0522. The highest BCUT2D eigenvalue weighted by Crippen LogP contribution is 2.20. The number of likely N-dealkylation sites (N-methyl/N-ethyl adjacent to an activating group) is 1. The Morgan fingerprint density at radius 1 is 1.04 bits per heavy atom. The summed E-state index contributed by atoms with van der Waals surface area (Å²) in [5, 5.41) is 3.17. The van der Waals surface area contributed by atoms with Crippen LogP contribution in [0.15, 0.2) is 54.6 Å². The summed E-state index contributed by atoms with van der Waals surface area (Å²) in [5.74, 6) is -1.22. The van der Waals surface area contributed by atoms with Gasteiger partial charge >= 0.3 is 5.97 Å². The molecule has 7 heteroatoms. The Morgan fingerprint density at radius 3 is 2.26 bits per heavy atom. The fraction of sp³-hybridized carbons (Fsp3) is 0.250. The van der Waals surface area contributed by atoms with Gasteiger partial charge in [-0.05, 0) is 24.3 Å². The number of carbonyl (C=O) groups is 3. The fourth-order valence-corrected chi connectivity index (χ4v) is 2.42. The molecule has 0 aliphatic rings. The lowest BCUT2D eigenvalue weighted by Gasteiger charge is -2.21. The molecule has 6 nitrogen and oxygen atoms in total. The largest absolute Gasteiger partial charge is 0.447 e. The summed E-state index contributed by atoms with van der Waals surface area (Å²) in [7, 11) is 3.19. The van der Waals surface area contributed by atoms with E-state index in [-0.39, 0.29) is 24.8 Å². The van der Waals surface area contributed by atoms with Crippen LogP contribution in [0.2, 0.25) is 5.02 Å². The number of hydrogen-bond donors (Lipinski definition) is 1. The van der Waals surface area contributed by atoms with Gasteiger partial charge in [0.25, 0.3) is 11.8 Å². The number of amides is 2. The molecule has 0 saturated carbocycles. The number of benzene rings is 2. The van der Waals surface area contributed by atoms with Crippen LogP contribution in [-0.2, 0) is 14.3 Å². The van der Waals surface area contributed by atoms with E-state index in [9.17, 15) is 14.4 Å². The zero-order valence-corrected chi connectivity index (χ0v) is 15.9. The van der Waals surface area contributed by atoms with Gasteiger partial charge in [-0.2, -0.15) is 0 Å². The summed E-state index contributed by atoms with van der Waals surface area (Å²) in [5.41, 5.74) is 1.03. The monoisotopic (exact) mass is 388 g/mol. The molecular formula is C20H21ClN2O4. The topological polar surface area (TPSA) is 75.7 Å². The number of halogens is 1. The third-order valence-corrected chi connectivity index (χ3v) is 3.99. The van der Waals surface area contributed by atoms with Gasteiger partial charge in [0, 0.05) is 36.8 Å². The summed E-state index contributed by atoms with van der Waals surface area (Å²) in [4.78, 5) is 37.9. The van der Waals surface area contributed by atoms with Crippen molar-refractivity contribution in [1.29, 1.82) is 0 Å². The van der Waals surface area contributed by atoms with E-state index in [1.54, 1.807) is 62.6 Å². The number of hydrogen-bond acceptors (Lipinski definition) is 4. The van der Waals surface area contributed by atoms with Gasteiger partial charge in [0.15, 0.2) is 0 Å². The normalized spacial score (nSPS) is 11.4. The smallest absolute Gasteiger partial charge is 0.308 e. The third-order valence-electron chi connectivity index (χ3n) is 3.74. The summed E-state index contributed by atoms with van der Waals surface area (Å²) < 4.78 is 5.36. The number of nitrogens with zero attached hydrogens (tertiary/aromatic N) is 1. The molecule has 0 bridgehead atoms. The second-order valence-electron chi connectivity index (χ2n) is 6.03. The molecule has 0 aliphatic carbocycles. The highest BCUT2D eigenvalue weighted by Gasteiger charge is 2.26. The van der Waals surface area contributed by atoms with E-state index < -0.39 is 12.1 Å². The molecule has 27 heavy (non-hydrogen) atoms. The number of esters is 1. The average Bonchev–Trinajstić information content (AvgIpc) is 2.66. The van der Waals surface area contributed by atoms with Crippen molar-refractivity contribution < 1.29 is 19.1 Å². The lowest BCUT2D eigenvalue weighted by molar-refractivity contribution is -0.159. The van der Waals surface area contributed by atoms with Crippen LogP contribution in [0.3, 0.4) is 0 Å². The molecule has 142 valence electrons. The average molecular weight is 389 g/mol. The van der Waals surface area contributed by atoms with Crippen LogP contribution in [-0.4, -0.2) is 43.3 Å². The molecule has 2 aromatic carbocycles. The van der Waals surface area contributed by atoms with Crippen LogP contribution in [0.4, 0.5) is 0 Å². The Hall–Kier alpha value is -2.86. The van der Waals surface area contributed by atoms with E-state index in [2.05, 4.69) is 5.32 Å². The van der Waals surface area contributed by atoms with Crippen molar-refractivity contribution in [2.45, 2.75) is 12.5 Å². The van der Waals surface area contributed by atoms with Crippen LogP contribution in [0.1, 0.15) is 28.4 Å². The van der Waals surface area contributed by atoms with Gasteiger partial charge in [-0.3, -0.25) is 14.4 Å². The van der Waals surface area contributed by atoms with Gasteiger partial charge < -0.3 is 15.0 Å². The second-order valence-corrected chi connectivity index (χ2v) is 6.46. The molecule has 2 amide bonds. The predicted octanol–water partition coefficient (Wildman–Crippen LogP) is 2.83. The van der Waals surface area contributed by atoms with Crippen molar-refractivity contribution in [1.82, 2.24) is 10.2 Å². The lowest BCUT2D eigenvalue weighted by atomic mass is 10.1. The molecule has 0 spiro atoms. The first-order chi connectivity index (χ1) is 12.9. The van der Waals surface area contributed by atoms with Crippen LogP contribution in [0.5, 0.6) is 0 Å². The molecule has 0 unspecified atom stereocenters. The maximum atomic E-state index is 12.3. The van der Waals surface area contributed by atoms with Crippen molar-refractivity contribution in [2.75, 3.05) is 20.6 Å². The van der Waals surface area contributed by atoms with Gasteiger partial charge in [0.1, 0.15) is 0 Å². The van der Waals surface area contributed by atoms with Crippen molar-refractivity contribution in [3.8, 4) is 0 Å². The highest BCUT2D eigenvalue weighted by molar-refractivity contribution is 6.30. The summed E-state index contributed by atoms with van der Waals surface area (Å²) in [6, 6.07) is 15.2. The van der Waals surface area contributed by atoms with Gasteiger partial charge in [0.2, 0.25) is 6.10 Å². The maximum Gasteiger partial charge on any atom is 0.308 e. The predicted molar refractivity (Wildman–Crippen MR) is 102 cm³/mol. The Balaban J connectivity index is 1.91. The van der Waals surface area contributed by atoms with Crippen LogP contribution >= 0.6 is 11.6 Å². The van der Waals surface area contributed by atoms with E-state index in [0.29, 0.717) is 16.1 Å². The first-order valence-corrected chi connectivity index (χ1v) is 8.75. The van der Waals surface area contributed by atoms with Crippen LogP contribution in [0.25, 0.3) is 0 Å². The molecule has 1 atom stereocenters. The van der Waals surface area contributed by atoms with Gasteiger partial charge in [-0.25, -0.2) is 0 Å². The van der Waals surface area contributed by atoms with Gasteiger partial charge in [-0.15, -0.1) is 0 Å². The Kier molecular flexibility index (Phi) is 7.37. The number of rotatable bonds is 7. The van der Waals surface area contributed by atoms with Gasteiger partial charge in [0.05, 0.1) is 6.42 Å². The van der Waals surface area contributed by atoms with Crippen molar-refractivity contribution in [3.05, 3.63) is 70.7 Å². The highest BCUT2D eigenvalue weighted by atomic mass is 35.5. The molecule has 0 saturated heterocycles. The third kappa shape index (κ3) is 6.11. The second kappa shape index (κ2) is 9.73. The molecule has 1 N–H and O–H groups in total. The van der Waals surface area contributed by atoms with E-state index in [4.69, 9.17) is 16.3 Å². The Labute approximate surface area is 163 Å². The molecule has 0 heterocycles. The summed E-state index contributed by atoms with van der Waals surface area (Å²) >= 11 is 5.79. The molecule has 2 aromatic rings. The van der Waals surface area contributed by atoms with E-state index in [1.165, 1.54) is 4.90 Å². The van der Waals surface area contributed by atoms with Crippen molar-refractivity contribution in [2.24, 2.45) is 0 Å². The molecule has 0 aliphatic heterocycles. The standard InChI is InChI=1S/C20H21ClN2O4/c1-23(2)20(26)18(14-6-4-3-5-7-14)27-17(24)12-13-22-19(25)15-8-10-16(21)11-9-15/h3-11,18H,12-13H2,1-2H3,(H,22,25)/t18-/m0/s1. The Morgan fingerprint density at radius 2 is 1.67 bits per heavy atom. The first kappa shape index (κ1) is 20.5. The molecule has 0 aromatic heterocycles. The van der Waals surface area contributed by atoms with Crippen LogP contribution < -0.4 is 5.32 Å². The van der Waals surface area contributed by atoms with Crippen LogP contribution in [0, 0.1) is 0 Å². The SMILES string of the molecule is CN(C)C(=O)[C@@H](OC(=O)CCNC(=O)c1ccc(Cl)cc1)c1ccccc1. The molecule has 0 radical (unpaired) electrons. The first-order valence-electron chi connectivity index (χ1n) is 8.38. The number of carbonyl (C=O) groups excluding carboxylic acids is 3. The van der Waals surface area contributed by atoms with E-state index >= 15 is 0 Å². The molecular weight excluding hydrogens is 368 g/mol. The molecule has 2 rings (SSSR count). The quantitative estimate of drug-likeness (QED) is 0.740.